The van der Waals surface area contributed by atoms with E-state index < -0.39 is 0 Å². The summed E-state index contributed by atoms with van der Waals surface area (Å²) in [7, 11) is 0. The van der Waals surface area contributed by atoms with E-state index in [1.54, 1.807) is 0 Å². The zero-order valence-corrected chi connectivity index (χ0v) is 15.1. The monoisotopic (exact) mass is 330 g/mol. The van der Waals surface area contributed by atoms with E-state index in [4.69, 9.17) is 9.15 Å². The molecule has 0 atom stereocenters. The number of aryl methyl sites for hydroxylation is 2. The second-order valence-corrected chi connectivity index (χ2v) is 6.86. The summed E-state index contributed by atoms with van der Waals surface area (Å²) in [5.41, 5.74) is 2.66. The molecule has 5 nitrogen and oxygen atoms in total. The molecule has 5 heteroatoms. The van der Waals surface area contributed by atoms with Crippen molar-refractivity contribution >= 4 is 5.91 Å². The molecule has 1 aromatic carbocycles. The quantitative estimate of drug-likeness (QED) is 0.878. The van der Waals surface area contributed by atoms with E-state index in [0.29, 0.717) is 17.3 Å². The normalized spacial score (nSPS) is 11.5. The van der Waals surface area contributed by atoms with Crippen LogP contribution in [0.2, 0.25) is 0 Å². The van der Waals surface area contributed by atoms with Crippen molar-refractivity contribution in [1.82, 2.24) is 10.3 Å². The molecule has 1 amide bonds. The van der Waals surface area contributed by atoms with E-state index in [2.05, 4.69) is 29.4 Å². The lowest BCUT2D eigenvalue weighted by atomic mass is 10.1. The SMILES string of the molecule is CCc1ccc(-c2nc(COCC(=O)NC(C)(C)C)c(C)o2)cc1. The zero-order chi connectivity index (χ0) is 17.7. The van der Waals surface area contributed by atoms with E-state index in [1.807, 2.05) is 39.8 Å². The number of nitrogens with zero attached hydrogens (tertiary/aromatic N) is 1. The van der Waals surface area contributed by atoms with Gasteiger partial charge in [0.2, 0.25) is 11.8 Å². The highest BCUT2D eigenvalue weighted by Crippen LogP contribution is 2.22. The Bertz CT molecular complexity index is 682. The molecular weight excluding hydrogens is 304 g/mol. The minimum Gasteiger partial charge on any atom is -0.441 e. The number of amides is 1. The van der Waals surface area contributed by atoms with E-state index in [1.165, 1.54) is 5.56 Å². The average molecular weight is 330 g/mol. The highest BCUT2D eigenvalue weighted by molar-refractivity contribution is 5.77. The lowest BCUT2D eigenvalue weighted by Crippen LogP contribution is -2.42. The number of carbonyl (C=O) groups excluding carboxylic acids is 1. The second-order valence-electron chi connectivity index (χ2n) is 6.86. The van der Waals surface area contributed by atoms with Crippen molar-refractivity contribution in [2.45, 2.75) is 53.2 Å². The molecule has 2 rings (SSSR count). The molecule has 0 saturated heterocycles. The van der Waals surface area contributed by atoms with Crippen LogP contribution in [-0.4, -0.2) is 23.0 Å². The van der Waals surface area contributed by atoms with Crippen LogP contribution >= 0.6 is 0 Å². The maximum atomic E-state index is 11.7. The van der Waals surface area contributed by atoms with Crippen LogP contribution in [0.5, 0.6) is 0 Å². The van der Waals surface area contributed by atoms with Crippen molar-refractivity contribution in [2.24, 2.45) is 0 Å². The summed E-state index contributed by atoms with van der Waals surface area (Å²) in [6.45, 7) is 10.0. The molecule has 0 aliphatic carbocycles. The van der Waals surface area contributed by atoms with Crippen LogP contribution in [0.4, 0.5) is 0 Å². The Kier molecular flexibility index (Phi) is 5.78. The Balaban J connectivity index is 1.95. The lowest BCUT2D eigenvalue weighted by Gasteiger charge is -2.20. The van der Waals surface area contributed by atoms with Crippen LogP contribution in [0.3, 0.4) is 0 Å². The van der Waals surface area contributed by atoms with Crippen LogP contribution in [0.15, 0.2) is 28.7 Å². The van der Waals surface area contributed by atoms with Crippen molar-refractivity contribution in [3.8, 4) is 11.5 Å². The zero-order valence-electron chi connectivity index (χ0n) is 15.1. The van der Waals surface area contributed by atoms with Crippen molar-refractivity contribution < 1.29 is 13.9 Å². The van der Waals surface area contributed by atoms with Gasteiger partial charge < -0.3 is 14.5 Å². The third-order valence-electron chi connectivity index (χ3n) is 3.49. The van der Waals surface area contributed by atoms with Crippen molar-refractivity contribution in [3.63, 3.8) is 0 Å². The molecule has 1 N–H and O–H groups in total. The second kappa shape index (κ2) is 7.62. The van der Waals surface area contributed by atoms with Gasteiger partial charge in [0.15, 0.2) is 0 Å². The molecule has 1 heterocycles. The number of carbonyl (C=O) groups is 1. The van der Waals surface area contributed by atoms with Crippen LogP contribution in [-0.2, 0) is 22.6 Å². The highest BCUT2D eigenvalue weighted by atomic mass is 16.5. The fraction of sp³-hybridized carbons (Fsp3) is 0.474. The Morgan fingerprint density at radius 3 is 2.50 bits per heavy atom. The summed E-state index contributed by atoms with van der Waals surface area (Å²) >= 11 is 0. The van der Waals surface area contributed by atoms with Crippen LogP contribution < -0.4 is 5.32 Å². The fourth-order valence-electron chi connectivity index (χ4n) is 2.26. The fourth-order valence-corrected chi connectivity index (χ4v) is 2.26. The smallest absolute Gasteiger partial charge is 0.246 e. The topological polar surface area (TPSA) is 64.4 Å². The number of oxazole rings is 1. The van der Waals surface area contributed by atoms with Gasteiger partial charge in [0.05, 0.1) is 6.61 Å². The lowest BCUT2D eigenvalue weighted by molar-refractivity contribution is -0.127. The third-order valence-corrected chi connectivity index (χ3v) is 3.49. The van der Waals surface area contributed by atoms with Crippen molar-refractivity contribution in [3.05, 3.63) is 41.3 Å². The van der Waals surface area contributed by atoms with Gasteiger partial charge in [-0.25, -0.2) is 4.98 Å². The van der Waals surface area contributed by atoms with Gasteiger partial charge >= 0.3 is 0 Å². The van der Waals surface area contributed by atoms with Gasteiger partial charge in [-0.1, -0.05) is 19.1 Å². The van der Waals surface area contributed by atoms with Gasteiger partial charge in [0.1, 0.15) is 18.1 Å². The number of hydrogen-bond donors (Lipinski definition) is 1. The van der Waals surface area contributed by atoms with Crippen LogP contribution in [0.1, 0.15) is 44.7 Å². The third kappa shape index (κ3) is 5.20. The summed E-state index contributed by atoms with van der Waals surface area (Å²) in [6, 6.07) is 8.15. The Morgan fingerprint density at radius 1 is 1.25 bits per heavy atom. The van der Waals surface area contributed by atoms with E-state index in [0.717, 1.165) is 12.0 Å². The molecule has 0 aliphatic rings. The number of benzene rings is 1. The maximum absolute atomic E-state index is 11.7. The maximum Gasteiger partial charge on any atom is 0.246 e. The molecule has 0 spiro atoms. The van der Waals surface area contributed by atoms with E-state index in [-0.39, 0.29) is 24.7 Å². The van der Waals surface area contributed by atoms with Crippen molar-refractivity contribution in [1.29, 1.82) is 0 Å². The number of ether oxygens (including phenoxy) is 1. The van der Waals surface area contributed by atoms with Gasteiger partial charge in [-0.15, -0.1) is 0 Å². The molecule has 24 heavy (non-hydrogen) atoms. The molecule has 0 fully saturated rings. The largest absolute Gasteiger partial charge is 0.441 e. The first-order chi connectivity index (χ1) is 11.3. The van der Waals surface area contributed by atoms with E-state index in [9.17, 15) is 4.79 Å². The van der Waals surface area contributed by atoms with Gasteiger partial charge in [-0.05, 0) is 51.8 Å². The number of nitrogens with one attached hydrogen (secondary N) is 1. The van der Waals surface area contributed by atoms with E-state index >= 15 is 0 Å². The van der Waals surface area contributed by atoms with Gasteiger partial charge in [0, 0.05) is 11.1 Å². The predicted octanol–water partition coefficient (Wildman–Crippen LogP) is 3.64. The standard InChI is InChI=1S/C19H26N2O3/c1-6-14-7-9-15(10-8-14)18-20-16(13(2)24-18)11-23-12-17(22)21-19(3,4)5/h7-10H,6,11-12H2,1-5H3,(H,21,22). The van der Waals surface area contributed by atoms with Crippen LogP contribution in [0.25, 0.3) is 11.5 Å². The van der Waals surface area contributed by atoms with Gasteiger partial charge in [-0.2, -0.15) is 0 Å². The first-order valence-corrected chi connectivity index (χ1v) is 8.23. The minimum atomic E-state index is -0.262. The van der Waals surface area contributed by atoms with Gasteiger partial charge in [0.25, 0.3) is 0 Å². The predicted molar refractivity (Wildman–Crippen MR) is 93.6 cm³/mol. The molecule has 130 valence electrons. The number of rotatable bonds is 6. The number of hydrogen-bond acceptors (Lipinski definition) is 4. The summed E-state index contributed by atoms with van der Waals surface area (Å²) in [4.78, 5) is 16.2. The molecule has 0 bridgehead atoms. The first kappa shape index (κ1) is 18.2. The summed E-state index contributed by atoms with van der Waals surface area (Å²) in [5, 5.41) is 2.85. The summed E-state index contributed by atoms with van der Waals surface area (Å²) in [5.74, 6) is 1.15. The number of aromatic nitrogens is 1. The molecule has 1 aromatic heterocycles. The average Bonchev–Trinajstić information content (AvgIpc) is 2.87. The minimum absolute atomic E-state index is 0.00407. The molecule has 0 radical (unpaired) electrons. The molecule has 0 saturated carbocycles. The Morgan fingerprint density at radius 2 is 1.92 bits per heavy atom. The molecule has 0 aliphatic heterocycles. The first-order valence-electron chi connectivity index (χ1n) is 8.23. The Hall–Kier alpha value is -2.14. The van der Waals surface area contributed by atoms with Crippen molar-refractivity contribution in [2.75, 3.05) is 6.61 Å². The Labute approximate surface area is 143 Å². The summed E-state index contributed by atoms with van der Waals surface area (Å²) in [6.07, 6.45) is 1.00. The molecular formula is C19H26N2O3. The van der Waals surface area contributed by atoms with Gasteiger partial charge in [-0.3, -0.25) is 4.79 Å². The van der Waals surface area contributed by atoms with Crippen LogP contribution in [0, 0.1) is 6.92 Å². The summed E-state index contributed by atoms with van der Waals surface area (Å²) < 4.78 is 11.2. The molecule has 2 aromatic rings. The molecule has 0 unspecified atom stereocenters. The highest BCUT2D eigenvalue weighted by Gasteiger charge is 2.15.